The summed E-state index contributed by atoms with van der Waals surface area (Å²) in [7, 11) is 0. The Morgan fingerprint density at radius 3 is 2.64 bits per heavy atom. The zero-order chi connectivity index (χ0) is 10.6. The predicted octanol–water partition coefficient (Wildman–Crippen LogP) is 1.24. The molecule has 0 aliphatic rings. The molecule has 7 heteroatoms. The molecule has 0 fully saturated rings. The largest absolute Gasteiger partial charge is 0.455 e. The highest BCUT2D eigenvalue weighted by Crippen LogP contribution is 2.26. The van der Waals surface area contributed by atoms with Crippen LogP contribution in [0.1, 0.15) is 18.6 Å². The van der Waals surface area contributed by atoms with Gasteiger partial charge in [0.15, 0.2) is 0 Å². The minimum atomic E-state index is -4.53. The summed E-state index contributed by atoms with van der Waals surface area (Å²) in [5.41, 5.74) is 0. The molecule has 0 aliphatic heterocycles. The molecule has 1 aromatic heterocycles. The van der Waals surface area contributed by atoms with Crippen LogP contribution in [0.25, 0.3) is 0 Å². The van der Waals surface area contributed by atoms with Gasteiger partial charge in [-0.1, -0.05) is 12.1 Å². The van der Waals surface area contributed by atoms with Crippen LogP contribution in [0, 0.1) is 0 Å². The molecule has 0 bridgehead atoms. The standard InChI is InChI=1S/C7H10F3N3O/c1-2-11-4-3-5-12-6(13-14-5)7(8,9)10/h11H,2-4H2,1H3. The Hall–Kier alpha value is -1.11. The van der Waals surface area contributed by atoms with Crippen molar-refractivity contribution in [3.8, 4) is 0 Å². The first kappa shape index (κ1) is 11.0. The molecule has 0 unspecified atom stereocenters. The van der Waals surface area contributed by atoms with Crippen LogP contribution in [-0.2, 0) is 12.6 Å². The van der Waals surface area contributed by atoms with Gasteiger partial charge in [0.05, 0.1) is 0 Å². The number of nitrogens with one attached hydrogen (secondary N) is 1. The van der Waals surface area contributed by atoms with E-state index in [0.717, 1.165) is 6.54 Å². The van der Waals surface area contributed by atoms with E-state index in [-0.39, 0.29) is 5.89 Å². The van der Waals surface area contributed by atoms with E-state index in [1.807, 2.05) is 6.92 Å². The van der Waals surface area contributed by atoms with Crippen LogP contribution >= 0.6 is 0 Å². The maximum Gasteiger partial charge on any atom is 0.455 e. The van der Waals surface area contributed by atoms with Gasteiger partial charge in [-0.15, -0.1) is 0 Å². The second kappa shape index (κ2) is 4.41. The van der Waals surface area contributed by atoms with Gasteiger partial charge in [0, 0.05) is 13.0 Å². The Morgan fingerprint density at radius 1 is 1.43 bits per heavy atom. The molecule has 0 saturated carbocycles. The van der Waals surface area contributed by atoms with Crippen molar-refractivity contribution < 1.29 is 17.7 Å². The van der Waals surface area contributed by atoms with E-state index in [0.29, 0.717) is 13.0 Å². The normalized spacial score (nSPS) is 12.0. The van der Waals surface area contributed by atoms with E-state index in [1.54, 1.807) is 0 Å². The molecule has 1 heterocycles. The zero-order valence-corrected chi connectivity index (χ0v) is 7.56. The first-order valence-corrected chi connectivity index (χ1v) is 4.14. The summed E-state index contributed by atoms with van der Waals surface area (Å²) in [6, 6.07) is 0. The fourth-order valence-corrected chi connectivity index (χ4v) is 0.844. The molecule has 0 aliphatic carbocycles. The highest BCUT2D eigenvalue weighted by atomic mass is 19.4. The molecule has 0 saturated heterocycles. The van der Waals surface area contributed by atoms with E-state index >= 15 is 0 Å². The molecule has 1 rings (SSSR count). The molecular formula is C7H10F3N3O. The van der Waals surface area contributed by atoms with Crippen molar-refractivity contribution in [2.45, 2.75) is 19.5 Å². The van der Waals surface area contributed by atoms with E-state index in [2.05, 4.69) is 20.0 Å². The summed E-state index contributed by atoms with van der Waals surface area (Å²) in [4.78, 5) is 3.21. The fraction of sp³-hybridized carbons (Fsp3) is 0.714. The molecule has 80 valence electrons. The van der Waals surface area contributed by atoms with Crippen molar-refractivity contribution in [2.75, 3.05) is 13.1 Å². The summed E-state index contributed by atoms with van der Waals surface area (Å²) in [5, 5.41) is 5.76. The van der Waals surface area contributed by atoms with Gasteiger partial charge < -0.3 is 9.84 Å². The van der Waals surface area contributed by atoms with Gasteiger partial charge in [0.25, 0.3) is 5.82 Å². The van der Waals surface area contributed by atoms with Crippen molar-refractivity contribution in [2.24, 2.45) is 0 Å². The highest BCUT2D eigenvalue weighted by Gasteiger charge is 2.37. The minimum Gasteiger partial charge on any atom is -0.339 e. The quantitative estimate of drug-likeness (QED) is 0.758. The maximum atomic E-state index is 12.0. The van der Waals surface area contributed by atoms with Gasteiger partial charge in [0.1, 0.15) is 0 Å². The maximum absolute atomic E-state index is 12.0. The third-order valence-electron chi connectivity index (χ3n) is 1.49. The number of hydrogen-bond acceptors (Lipinski definition) is 4. The molecule has 0 spiro atoms. The van der Waals surface area contributed by atoms with E-state index in [1.165, 1.54) is 0 Å². The molecule has 4 nitrogen and oxygen atoms in total. The number of hydrogen-bond donors (Lipinski definition) is 1. The predicted molar refractivity (Wildman–Crippen MR) is 41.5 cm³/mol. The van der Waals surface area contributed by atoms with Gasteiger partial charge in [-0.05, 0) is 6.54 Å². The van der Waals surface area contributed by atoms with Crippen LogP contribution in [-0.4, -0.2) is 23.2 Å². The lowest BCUT2D eigenvalue weighted by atomic mass is 10.4. The van der Waals surface area contributed by atoms with Gasteiger partial charge in [-0.25, -0.2) is 0 Å². The molecule has 14 heavy (non-hydrogen) atoms. The second-order valence-corrected chi connectivity index (χ2v) is 2.61. The summed E-state index contributed by atoms with van der Waals surface area (Å²) in [6.07, 6.45) is -4.23. The lowest BCUT2D eigenvalue weighted by Gasteiger charge is -1.97. The number of rotatable bonds is 4. The van der Waals surface area contributed by atoms with Crippen LogP contribution in [0.5, 0.6) is 0 Å². The zero-order valence-electron chi connectivity index (χ0n) is 7.56. The van der Waals surface area contributed by atoms with E-state index in [4.69, 9.17) is 0 Å². The van der Waals surface area contributed by atoms with Gasteiger partial charge in [-0.2, -0.15) is 18.2 Å². The Bertz CT molecular complexity index is 284. The highest BCUT2D eigenvalue weighted by molar-refractivity contribution is 4.91. The lowest BCUT2D eigenvalue weighted by molar-refractivity contribution is -0.146. The van der Waals surface area contributed by atoms with E-state index in [9.17, 15) is 13.2 Å². The number of aromatic nitrogens is 2. The van der Waals surface area contributed by atoms with Gasteiger partial charge >= 0.3 is 6.18 Å². The molecule has 0 atom stereocenters. The smallest absolute Gasteiger partial charge is 0.339 e. The Kier molecular flexibility index (Phi) is 3.45. The topological polar surface area (TPSA) is 51.0 Å². The second-order valence-electron chi connectivity index (χ2n) is 2.61. The molecular weight excluding hydrogens is 199 g/mol. The summed E-state index contributed by atoms with van der Waals surface area (Å²) in [5.74, 6) is -1.22. The summed E-state index contributed by atoms with van der Waals surface area (Å²) >= 11 is 0. The third kappa shape index (κ3) is 2.99. The number of halogens is 3. The molecule has 0 radical (unpaired) electrons. The Labute approximate surface area is 78.5 Å². The van der Waals surface area contributed by atoms with Crippen molar-refractivity contribution in [3.63, 3.8) is 0 Å². The SMILES string of the molecule is CCNCCc1nc(C(F)(F)F)no1. The first-order valence-electron chi connectivity index (χ1n) is 4.14. The van der Waals surface area contributed by atoms with Crippen LogP contribution in [0.15, 0.2) is 4.52 Å². The van der Waals surface area contributed by atoms with Crippen LogP contribution in [0.4, 0.5) is 13.2 Å². The Morgan fingerprint density at radius 2 is 2.14 bits per heavy atom. The average Bonchev–Trinajstić information content (AvgIpc) is 2.52. The fourth-order valence-electron chi connectivity index (χ4n) is 0.844. The molecule has 0 aromatic carbocycles. The van der Waals surface area contributed by atoms with Crippen LogP contribution in [0.3, 0.4) is 0 Å². The van der Waals surface area contributed by atoms with Crippen molar-refractivity contribution in [3.05, 3.63) is 11.7 Å². The number of nitrogens with zero attached hydrogens (tertiary/aromatic N) is 2. The average molecular weight is 209 g/mol. The van der Waals surface area contributed by atoms with Gasteiger partial charge in [0.2, 0.25) is 5.89 Å². The van der Waals surface area contributed by atoms with Crippen molar-refractivity contribution in [1.82, 2.24) is 15.5 Å². The third-order valence-corrected chi connectivity index (χ3v) is 1.49. The Balaban J connectivity index is 2.51. The van der Waals surface area contributed by atoms with Crippen molar-refractivity contribution in [1.29, 1.82) is 0 Å². The van der Waals surface area contributed by atoms with Crippen LogP contribution < -0.4 is 5.32 Å². The van der Waals surface area contributed by atoms with E-state index < -0.39 is 12.0 Å². The minimum absolute atomic E-state index is 0.00160. The molecule has 0 amide bonds. The first-order chi connectivity index (χ1) is 6.54. The monoisotopic (exact) mass is 209 g/mol. The number of likely N-dealkylation sites (N-methyl/N-ethyl adjacent to an activating group) is 1. The summed E-state index contributed by atoms with van der Waals surface area (Å²) < 4.78 is 40.4. The molecule has 1 aromatic rings. The van der Waals surface area contributed by atoms with Crippen molar-refractivity contribution >= 4 is 0 Å². The number of alkyl halides is 3. The lowest BCUT2D eigenvalue weighted by Crippen LogP contribution is -2.16. The van der Waals surface area contributed by atoms with Gasteiger partial charge in [-0.3, -0.25) is 0 Å². The van der Waals surface area contributed by atoms with Crippen LogP contribution in [0.2, 0.25) is 0 Å². The molecule has 1 N–H and O–H groups in total. The summed E-state index contributed by atoms with van der Waals surface area (Å²) in [6.45, 7) is 3.17.